The van der Waals surface area contributed by atoms with Gasteiger partial charge in [-0.3, -0.25) is 30.6 Å². The first kappa shape index (κ1) is 16.0. The van der Waals surface area contributed by atoms with E-state index in [1.54, 1.807) is 19.1 Å². The van der Waals surface area contributed by atoms with Crippen LogP contribution in [0, 0.1) is 17.0 Å². The van der Waals surface area contributed by atoms with Gasteiger partial charge in [0.15, 0.2) is 0 Å². The Morgan fingerprint density at radius 1 is 1.04 bits per heavy atom. The van der Waals surface area contributed by atoms with Crippen LogP contribution in [0.1, 0.15) is 26.3 Å². The molecule has 0 aliphatic heterocycles. The molecule has 0 radical (unpaired) electrons. The number of nitro groups is 1. The van der Waals surface area contributed by atoms with Crippen LogP contribution in [-0.2, 0) is 0 Å². The van der Waals surface area contributed by atoms with Gasteiger partial charge in [-0.1, -0.05) is 12.1 Å². The molecule has 2 amide bonds. The van der Waals surface area contributed by atoms with Gasteiger partial charge < -0.3 is 5.11 Å². The molecular weight excluding hydrogens is 302 g/mol. The molecule has 0 atom stereocenters. The number of non-ortho nitro benzene ring substituents is 1. The summed E-state index contributed by atoms with van der Waals surface area (Å²) >= 11 is 0. The number of hydrogen-bond acceptors (Lipinski definition) is 5. The van der Waals surface area contributed by atoms with Crippen LogP contribution < -0.4 is 10.9 Å². The number of phenols is 1. The maximum Gasteiger partial charge on any atom is 0.273 e. The number of rotatable bonds is 3. The molecule has 8 nitrogen and oxygen atoms in total. The zero-order valence-electron chi connectivity index (χ0n) is 12.1. The number of hydrazine groups is 1. The van der Waals surface area contributed by atoms with Crippen molar-refractivity contribution in [1.82, 2.24) is 10.9 Å². The summed E-state index contributed by atoms with van der Waals surface area (Å²) < 4.78 is 0. The van der Waals surface area contributed by atoms with Gasteiger partial charge in [0.1, 0.15) is 5.75 Å². The van der Waals surface area contributed by atoms with Crippen molar-refractivity contribution < 1.29 is 19.6 Å². The maximum absolute atomic E-state index is 11.9. The van der Waals surface area contributed by atoms with Crippen molar-refractivity contribution in [2.24, 2.45) is 0 Å². The van der Waals surface area contributed by atoms with Gasteiger partial charge in [-0.25, -0.2) is 0 Å². The lowest BCUT2D eigenvalue weighted by molar-refractivity contribution is -0.384. The first-order chi connectivity index (χ1) is 10.9. The molecule has 0 spiro atoms. The molecule has 0 heterocycles. The fraction of sp³-hybridized carbons (Fsp3) is 0.0667. The molecule has 2 aromatic carbocycles. The molecule has 2 rings (SSSR count). The highest BCUT2D eigenvalue weighted by molar-refractivity contribution is 6.00. The Bertz CT molecular complexity index is 771. The van der Waals surface area contributed by atoms with Crippen LogP contribution in [0.5, 0.6) is 5.75 Å². The average Bonchev–Trinajstić information content (AvgIpc) is 2.55. The summed E-state index contributed by atoms with van der Waals surface area (Å²) in [7, 11) is 0. The van der Waals surface area contributed by atoms with Crippen molar-refractivity contribution in [1.29, 1.82) is 0 Å². The van der Waals surface area contributed by atoms with Crippen LogP contribution in [0.15, 0.2) is 42.5 Å². The molecule has 0 saturated heterocycles. The molecule has 118 valence electrons. The maximum atomic E-state index is 11.9. The summed E-state index contributed by atoms with van der Waals surface area (Å²) in [5.74, 6) is -1.49. The van der Waals surface area contributed by atoms with Crippen LogP contribution in [0.25, 0.3) is 0 Å². The predicted molar refractivity (Wildman–Crippen MR) is 80.9 cm³/mol. The van der Waals surface area contributed by atoms with Gasteiger partial charge in [0.05, 0.1) is 10.5 Å². The van der Waals surface area contributed by atoms with Crippen LogP contribution in [0.4, 0.5) is 5.69 Å². The van der Waals surface area contributed by atoms with E-state index in [0.717, 1.165) is 0 Å². The average molecular weight is 315 g/mol. The molecule has 0 fully saturated rings. The normalized spacial score (nSPS) is 9.96. The quantitative estimate of drug-likeness (QED) is 0.587. The molecule has 0 aliphatic rings. The minimum Gasteiger partial charge on any atom is -0.507 e. The number of carbonyl (C=O) groups excluding carboxylic acids is 2. The Morgan fingerprint density at radius 2 is 1.65 bits per heavy atom. The van der Waals surface area contributed by atoms with Crippen molar-refractivity contribution in [3.8, 4) is 5.75 Å². The number of phenolic OH excluding ortho intramolecular Hbond substituents is 1. The number of para-hydroxylation sites is 1. The van der Waals surface area contributed by atoms with Crippen LogP contribution >= 0.6 is 0 Å². The van der Waals surface area contributed by atoms with Gasteiger partial charge in [-0.15, -0.1) is 0 Å². The smallest absolute Gasteiger partial charge is 0.273 e. The van der Waals surface area contributed by atoms with E-state index in [2.05, 4.69) is 10.9 Å². The van der Waals surface area contributed by atoms with E-state index < -0.39 is 16.7 Å². The Hall–Kier alpha value is -3.42. The summed E-state index contributed by atoms with van der Waals surface area (Å²) in [5, 5.41) is 20.3. The first-order valence-corrected chi connectivity index (χ1v) is 6.54. The molecule has 8 heteroatoms. The predicted octanol–water partition coefficient (Wildman–Crippen LogP) is 1.68. The third-order valence-corrected chi connectivity index (χ3v) is 3.11. The highest BCUT2D eigenvalue weighted by Gasteiger charge is 2.14. The van der Waals surface area contributed by atoms with Gasteiger partial charge in [0, 0.05) is 17.7 Å². The standard InChI is InChI=1S/C15H13N3O5/c1-9-3-2-4-12(13(9)19)15(21)17-16-14(20)10-5-7-11(8-6-10)18(22)23/h2-8,19H,1H3,(H,16,20)(H,17,21). The number of benzene rings is 2. The van der Waals surface area contributed by atoms with E-state index in [4.69, 9.17) is 0 Å². The highest BCUT2D eigenvalue weighted by Crippen LogP contribution is 2.20. The number of hydrogen-bond donors (Lipinski definition) is 3. The second kappa shape index (κ2) is 6.56. The van der Waals surface area contributed by atoms with E-state index >= 15 is 0 Å². The molecular formula is C15H13N3O5. The van der Waals surface area contributed by atoms with Crippen molar-refractivity contribution in [2.45, 2.75) is 6.92 Å². The van der Waals surface area contributed by atoms with Crippen molar-refractivity contribution in [3.63, 3.8) is 0 Å². The molecule has 23 heavy (non-hydrogen) atoms. The number of aryl methyl sites for hydroxylation is 1. The van der Waals surface area contributed by atoms with E-state index in [9.17, 15) is 24.8 Å². The number of amides is 2. The molecule has 0 unspecified atom stereocenters. The van der Waals surface area contributed by atoms with Gasteiger partial charge in [0.2, 0.25) is 0 Å². The molecule has 2 aromatic rings. The van der Waals surface area contributed by atoms with E-state index in [-0.39, 0.29) is 22.6 Å². The van der Waals surface area contributed by atoms with Gasteiger partial charge in [-0.05, 0) is 30.7 Å². The van der Waals surface area contributed by atoms with E-state index in [1.807, 2.05) is 0 Å². The number of nitrogens with zero attached hydrogens (tertiary/aromatic N) is 1. The fourth-order valence-electron chi connectivity index (χ4n) is 1.83. The molecule has 3 N–H and O–H groups in total. The third-order valence-electron chi connectivity index (χ3n) is 3.11. The summed E-state index contributed by atoms with van der Waals surface area (Å²) in [4.78, 5) is 33.7. The summed E-state index contributed by atoms with van der Waals surface area (Å²) in [6.45, 7) is 1.64. The third kappa shape index (κ3) is 3.62. The van der Waals surface area contributed by atoms with Crippen LogP contribution in [0.3, 0.4) is 0 Å². The fourth-order valence-corrected chi connectivity index (χ4v) is 1.83. The summed E-state index contributed by atoms with van der Waals surface area (Å²) in [6, 6.07) is 9.55. The van der Waals surface area contributed by atoms with Crippen molar-refractivity contribution in [2.75, 3.05) is 0 Å². The lowest BCUT2D eigenvalue weighted by atomic mass is 10.1. The second-order valence-corrected chi connectivity index (χ2v) is 4.68. The number of nitrogens with one attached hydrogen (secondary N) is 2. The van der Waals surface area contributed by atoms with E-state index in [0.29, 0.717) is 5.56 Å². The lowest BCUT2D eigenvalue weighted by Crippen LogP contribution is -2.41. The molecule has 0 saturated carbocycles. The Kier molecular flexibility index (Phi) is 4.55. The SMILES string of the molecule is Cc1cccc(C(=O)NNC(=O)c2ccc([N+](=O)[O-])cc2)c1O. The van der Waals surface area contributed by atoms with Gasteiger partial charge >= 0.3 is 0 Å². The zero-order chi connectivity index (χ0) is 17.0. The van der Waals surface area contributed by atoms with Crippen molar-refractivity contribution in [3.05, 3.63) is 69.3 Å². The molecule has 0 aromatic heterocycles. The number of nitro benzene ring substituents is 1. The van der Waals surface area contributed by atoms with Gasteiger partial charge in [-0.2, -0.15) is 0 Å². The van der Waals surface area contributed by atoms with E-state index in [1.165, 1.54) is 30.3 Å². The monoisotopic (exact) mass is 315 g/mol. The Labute approximate surface area is 130 Å². The Morgan fingerprint density at radius 3 is 2.26 bits per heavy atom. The minimum atomic E-state index is -0.679. The molecule has 0 aliphatic carbocycles. The van der Waals surface area contributed by atoms with Crippen LogP contribution in [0.2, 0.25) is 0 Å². The summed E-state index contributed by atoms with van der Waals surface area (Å²) in [6.07, 6.45) is 0. The largest absolute Gasteiger partial charge is 0.507 e. The van der Waals surface area contributed by atoms with Crippen LogP contribution in [-0.4, -0.2) is 21.8 Å². The van der Waals surface area contributed by atoms with Crippen molar-refractivity contribution >= 4 is 17.5 Å². The lowest BCUT2D eigenvalue weighted by Gasteiger charge is -2.09. The topological polar surface area (TPSA) is 122 Å². The first-order valence-electron chi connectivity index (χ1n) is 6.54. The number of carbonyl (C=O) groups is 2. The molecule has 0 bridgehead atoms. The minimum absolute atomic E-state index is 0.0222. The highest BCUT2D eigenvalue weighted by atomic mass is 16.6. The Balaban J connectivity index is 2.02. The second-order valence-electron chi connectivity index (χ2n) is 4.68. The zero-order valence-corrected chi connectivity index (χ0v) is 12.1. The summed E-state index contributed by atoms with van der Waals surface area (Å²) in [5.41, 5.74) is 4.89. The number of aromatic hydroxyl groups is 1. The van der Waals surface area contributed by atoms with Gasteiger partial charge in [0.25, 0.3) is 17.5 Å².